The third-order valence-corrected chi connectivity index (χ3v) is 5.11. The fraction of sp³-hybridized carbons (Fsp3) is 0.727. The molecule has 0 aliphatic heterocycles. The van der Waals surface area contributed by atoms with Gasteiger partial charge in [-0.15, -0.1) is 0 Å². The summed E-state index contributed by atoms with van der Waals surface area (Å²) in [6.07, 6.45) is 19.6. The Bertz CT molecular complexity index is 374. The predicted octanol–water partition coefficient (Wildman–Crippen LogP) is 8.31. The summed E-state index contributed by atoms with van der Waals surface area (Å²) in [5.41, 5.74) is 0. The molecule has 0 saturated carbocycles. The van der Waals surface area contributed by atoms with E-state index in [-0.39, 0.29) is 0 Å². The molecule has 0 bridgehead atoms. The fourth-order valence-corrected chi connectivity index (χ4v) is 3.28. The Kier molecular flexibility index (Phi) is 14.4. The van der Waals surface area contributed by atoms with Crippen molar-refractivity contribution >= 4 is 15.9 Å². The van der Waals surface area contributed by atoms with E-state index in [9.17, 15) is 0 Å². The van der Waals surface area contributed by atoms with Crippen molar-refractivity contribution in [2.24, 2.45) is 0 Å². The number of hydrogen-bond donors (Lipinski definition) is 0. The van der Waals surface area contributed by atoms with E-state index in [2.05, 4.69) is 22.9 Å². The van der Waals surface area contributed by atoms with Gasteiger partial charge < -0.3 is 4.74 Å². The first-order valence-electron chi connectivity index (χ1n) is 10.2. The van der Waals surface area contributed by atoms with Gasteiger partial charge in [0.25, 0.3) is 0 Å². The number of halogens is 1. The molecule has 1 aromatic rings. The van der Waals surface area contributed by atoms with Crippen molar-refractivity contribution in [3.8, 4) is 5.75 Å². The summed E-state index contributed by atoms with van der Waals surface area (Å²) in [5.74, 6) is 0.980. The average molecular weight is 397 g/mol. The van der Waals surface area contributed by atoms with E-state index in [1.165, 1.54) is 89.9 Å². The Morgan fingerprint density at radius 3 is 1.50 bits per heavy atom. The lowest BCUT2D eigenvalue weighted by Crippen LogP contribution is -1.97. The molecule has 0 aliphatic rings. The van der Waals surface area contributed by atoms with Crippen molar-refractivity contribution < 1.29 is 4.74 Å². The van der Waals surface area contributed by atoms with Gasteiger partial charge in [-0.05, 0) is 30.7 Å². The second-order valence-electron chi connectivity index (χ2n) is 6.90. The van der Waals surface area contributed by atoms with Crippen LogP contribution in [0.25, 0.3) is 0 Å². The van der Waals surface area contributed by atoms with Crippen molar-refractivity contribution in [3.63, 3.8) is 0 Å². The van der Waals surface area contributed by atoms with Crippen LogP contribution in [0.1, 0.15) is 96.8 Å². The summed E-state index contributed by atoms with van der Waals surface area (Å²) in [5, 5.41) is 0. The van der Waals surface area contributed by atoms with Crippen molar-refractivity contribution in [3.05, 3.63) is 28.7 Å². The topological polar surface area (TPSA) is 9.23 Å². The Balaban J connectivity index is 1.75. The summed E-state index contributed by atoms with van der Waals surface area (Å²) in [6, 6.07) is 8.10. The van der Waals surface area contributed by atoms with E-state index in [4.69, 9.17) is 4.74 Å². The highest BCUT2D eigenvalue weighted by Gasteiger charge is 1.96. The Morgan fingerprint density at radius 2 is 1.04 bits per heavy atom. The first-order valence-corrected chi connectivity index (χ1v) is 11.0. The van der Waals surface area contributed by atoms with Crippen LogP contribution in [0.2, 0.25) is 0 Å². The van der Waals surface area contributed by atoms with Crippen LogP contribution >= 0.6 is 15.9 Å². The Morgan fingerprint density at radius 1 is 0.625 bits per heavy atom. The minimum Gasteiger partial charge on any atom is -0.494 e. The van der Waals surface area contributed by atoms with E-state index in [0.717, 1.165) is 16.8 Å². The van der Waals surface area contributed by atoms with E-state index in [0.29, 0.717) is 0 Å². The Hall–Kier alpha value is -0.500. The average Bonchev–Trinajstić information content (AvgIpc) is 2.60. The summed E-state index contributed by atoms with van der Waals surface area (Å²) in [4.78, 5) is 0. The highest BCUT2D eigenvalue weighted by molar-refractivity contribution is 9.10. The van der Waals surface area contributed by atoms with Crippen LogP contribution in [0, 0.1) is 0 Å². The van der Waals surface area contributed by atoms with Gasteiger partial charge in [0, 0.05) is 4.47 Å². The van der Waals surface area contributed by atoms with E-state index < -0.39 is 0 Å². The quantitative estimate of drug-likeness (QED) is 0.255. The molecule has 24 heavy (non-hydrogen) atoms. The molecule has 1 nitrogen and oxygen atoms in total. The van der Waals surface area contributed by atoms with Crippen molar-refractivity contribution in [1.82, 2.24) is 0 Å². The lowest BCUT2D eigenvalue weighted by molar-refractivity contribution is 0.304. The van der Waals surface area contributed by atoms with Gasteiger partial charge in [-0.3, -0.25) is 0 Å². The SMILES string of the molecule is CCCCCCCCCCCCCCCCOc1ccc(Br)cc1. The molecule has 0 amide bonds. The van der Waals surface area contributed by atoms with Crippen LogP contribution in [0.15, 0.2) is 28.7 Å². The minimum atomic E-state index is 0.847. The molecule has 0 unspecified atom stereocenters. The molecule has 0 saturated heterocycles. The van der Waals surface area contributed by atoms with Gasteiger partial charge in [-0.25, -0.2) is 0 Å². The number of rotatable bonds is 16. The van der Waals surface area contributed by atoms with Gasteiger partial charge in [-0.1, -0.05) is 106 Å². The third kappa shape index (κ3) is 12.9. The summed E-state index contributed by atoms with van der Waals surface area (Å²) >= 11 is 3.44. The molecule has 0 heterocycles. The minimum absolute atomic E-state index is 0.847. The second-order valence-corrected chi connectivity index (χ2v) is 7.81. The van der Waals surface area contributed by atoms with E-state index >= 15 is 0 Å². The van der Waals surface area contributed by atoms with Crippen molar-refractivity contribution in [1.29, 1.82) is 0 Å². The summed E-state index contributed by atoms with van der Waals surface area (Å²) in [7, 11) is 0. The number of hydrogen-bond acceptors (Lipinski definition) is 1. The summed E-state index contributed by atoms with van der Waals surface area (Å²) < 4.78 is 6.85. The van der Waals surface area contributed by atoms with E-state index in [1.54, 1.807) is 0 Å². The lowest BCUT2D eigenvalue weighted by Gasteiger charge is -2.06. The molecule has 0 aliphatic carbocycles. The zero-order chi connectivity index (χ0) is 17.3. The first kappa shape index (κ1) is 21.5. The van der Waals surface area contributed by atoms with Gasteiger partial charge in [0.2, 0.25) is 0 Å². The summed E-state index contributed by atoms with van der Waals surface area (Å²) in [6.45, 7) is 3.13. The van der Waals surface area contributed by atoms with Crippen LogP contribution in [0.5, 0.6) is 5.75 Å². The first-order chi connectivity index (χ1) is 11.8. The molecule has 2 heteroatoms. The standard InChI is InChI=1S/C22H37BrO/c1-2-3-4-5-6-7-8-9-10-11-12-13-14-15-20-24-22-18-16-21(23)17-19-22/h16-19H,2-15,20H2,1H3. The van der Waals surface area contributed by atoms with Crippen LogP contribution in [0.4, 0.5) is 0 Å². The molecule has 0 radical (unpaired) electrons. The Labute approximate surface area is 158 Å². The van der Waals surface area contributed by atoms with Crippen LogP contribution in [0.3, 0.4) is 0 Å². The van der Waals surface area contributed by atoms with Gasteiger partial charge in [0.1, 0.15) is 5.75 Å². The molecule has 0 N–H and O–H groups in total. The van der Waals surface area contributed by atoms with E-state index in [1.807, 2.05) is 24.3 Å². The molecule has 138 valence electrons. The number of ether oxygens (including phenoxy) is 1. The van der Waals surface area contributed by atoms with Gasteiger partial charge >= 0.3 is 0 Å². The maximum Gasteiger partial charge on any atom is 0.119 e. The predicted molar refractivity (Wildman–Crippen MR) is 110 cm³/mol. The molecule has 0 spiro atoms. The molecule has 1 aromatic carbocycles. The molecular weight excluding hydrogens is 360 g/mol. The maximum absolute atomic E-state index is 5.75. The zero-order valence-electron chi connectivity index (χ0n) is 15.7. The molecule has 0 fully saturated rings. The maximum atomic E-state index is 5.75. The van der Waals surface area contributed by atoms with Crippen molar-refractivity contribution in [2.45, 2.75) is 96.8 Å². The second kappa shape index (κ2) is 16.0. The number of unbranched alkanes of at least 4 members (excludes halogenated alkanes) is 13. The molecular formula is C22H37BrO. The van der Waals surface area contributed by atoms with Crippen molar-refractivity contribution in [2.75, 3.05) is 6.61 Å². The number of benzene rings is 1. The zero-order valence-corrected chi connectivity index (χ0v) is 17.3. The third-order valence-electron chi connectivity index (χ3n) is 4.58. The van der Waals surface area contributed by atoms with Gasteiger partial charge in [0.15, 0.2) is 0 Å². The largest absolute Gasteiger partial charge is 0.494 e. The molecule has 1 rings (SSSR count). The fourth-order valence-electron chi connectivity index (χ4n) is 3.02. The highest BCUT2D eigenvalue weighted by atomic mass is 79.9. The van der Waals surface area contributed by atoms with Gasteiger partial charge in [0.05, 0.1) is 6.61 Å². The van der Waals surface area contributed by atoms with Crippen LogP contribution in [-0.2, 0) is 0 Å². The van der Waals surface area contributed by atoms with Crippen LogP contribution in [-0.4, -0.2) is 6.61 Å². The van der Waals surface area contributed by atoms with Crippen LogP contribution < -0.4 is 4.74 Å². The van der Waals surface area contributed by atoms with Gasteiger partial charge in [-0.2, -0.15) is 0 Å². The molecule has 0 atom stereocenters. The normalized spacial score (nSPS) is 10.9. The monoisotopic (exact) mass is 396 g/mol. The molecule has 0 aromatic heterocycles. The lowest BCUT2D eigenvalue weighted by atomic mass is 10.0. The smallest absolute Gasteiger partial charge is 0.119 e. The highest BCUT2D eigenvalue weighted by Crippen LogP contribution is 2.17.